The fraction of sp³-hybridized carbons (Fsp3) is 0.900. The number of nitrogens with one attached hydrogen (secondary N) is 1. The van der Waals surface area contributed by atoms with E-state index in [1.165, 1.54) is 0 Å². The van der Waals surface area contributed by atoms with Gasteiger partial charge in [0.15, 0.2) is 0 Å². The summed E-state index contributed by atoms with van der Waals surface area (Å²) in [7, 11) is 0. The van der Waals surface area contributed by atoms with E-state index in [4.69, 9.17) is 11.6 Å². The van der Waals surface area contributed by atoms with Gasteiger partial charge >= 0.3 is 6.18 Å². The molecular formula is C10H17ClF3NO. The molecule has 0 aliphatic carbocycles. The van der Waals surface area contributed by atoms with E-state index in [1.807, 2.05) is 6.92 Å². The third-order valence-corrected chi connectivity index (χ3v) is 2.54. The Kier molecular flexibility index (Phi) is 7.55. The Morgan fingerprint density at radius 1 is 1.44 bits per heavy atom. The Hall–Kier alpha value is -0.450. The smallest absolute Gasteiger partial charge is 0.356 e. The van der Waals surface area contributed by atoms with Crippen LogP contribution in [0.5, 0.6) is 0 Å². The van der Waals surface area contributed by atoms with Gasteiger partial charge in [0.1, 0.15) is 0 Å². The largest absolute Gasteiger partial charge is 0.389 e. The molecule has 96 valence electrons. The van der Waals surface area contributed by atoms with E-state index in [0.717, 1.165) is 12.8 Å². The molecule has 0 radical (unpaired) electrons. The normalized spacial score (nSPS) is 13.6. The molecule has 1 amide bonds. The molecule has 1 N–H and O–H groups in total. The van der Waals surface area contributed by atoms with E-state index in [2.05, 4.69) is 5.32 Å². The highest BCUT2D eigenvalue weighted by Gasteiger charge is 2.27. The van der Waals surface area contributed by atoms with Crippen LogP contribution < -0.4 is 5.32 Å². The zero-order chi connectivity index (χ0) is 12.6. The lowest BCUT2D eigenvalue weighted by Crippen LogP contribution is -2.30. The molecule has 6 heteroatoms. The maximum absolute atomic E-state index is 11.8. The van der Waals surface area contributed by atoms with Gasteiger partial charge in [0.2, 0.25) is 5.91 Å². The van der Waals surface area contributed by atoms with Crippen molar-refractivity contribution in [2.45, 2.75) is 38.8 Å². The SMILES string of the molecule is CCC(CCCl)CNC(=O)CCC(F)(F)F. The summed E-state index contributed by atoms with van der Waals surface area (Å²) in [6, 6.07) is 0. The van der Waals surface area contributed by atoms with Gasteiger partial charge in [-0.25, -0.2) is 0 Å². The number of rotatable bonds is 7. The molecule has 0 spiro atoms. The lowest BCUT2D eigenvalue weighted by Gasteiger charge is -2.14. The first-order chi connectivity index (χ1) is 7.39. The molecule has 0 bridgehead atoms. The van der Waals surface area contributed by atoms with E-state index in [0.29, 0.717) is 12.4 Å². The van der Waals surface area contributed by atoms with Gasteiger partial charge < -0.3 is 5.32 Å². The molecule has 0 aliphatic rings. The summed E-state index contributed by atoms with van der Waals surface area (Å²) in [5.74, 6) is 0.189. The number of amides is 1. The fourth-order valence-electron chi connectivity index (χ4n) is 1.21. The molecule has 0 aromatic carbocycles. The van der Waals surface area contributed by atoms with Gasteiger partial charge in [-0.1, -0.05) is 13.3 Å². The number of alkyl halides is 4. The maximum atomic E-state index is 11.8. The molecular weight excluding hydrogens is 243 g/mol. The number of halogens is 4. The quantitative estimate of drug-likeness (QED) is 0.700. The molecule has 0 aromatic rings. The Morgan fingerprint density at radius 3 is 2.50 bits per heavy atom. The van der Waals surface area contributed by atoms with E-state index in [-0.39, 0.29) is 5.92 Å². The van der Waals surface area contributed by atoms with Crippen molar-refractivity contribution in [3.05, 3.63) is 0 Å². The molecule has 0 heterocycles. The Labute approximate surface area is 98.5 Å². The predicted molar refractivity (Wildman–Crippen MR) is 57.4 cm³/mol. The van der Waals surface area contributed by atoms with Gasteiger partial charge in [-0.2, -0.15) is 13.2 Å². The zero-order valence-corrected chi connectivity index (χ0v) is 10.00. The predicted octanol–water partition coefficient (Wildman–Crippen LogP) is 3.10. The highest BCUT2D eigenvalue weighted by Crippen LogP contribution is 2.21. The second-order valence-corrected chi connectivity index (χ2v) is 4.05. The maximum Gasteiger partial charge on any atom is 0.389 e. The molecule has 0 aromatic heterocycles. The second kappa shape index (κ2) is 7.76. The molecule has 1 atom stereocenters. The van der Waals surface area contributed by atoms with E-state index in [1.54, 1.807) is 0 Å². The third kappa shape index (κ3) is 8.83. The van der Waals surface area contributed by atoms with Gasteiger partial charge in [0.25, 0.3) is 0 Å². The molecule has 0 fully saturated rings. The minimum absolute atomic E-state index is 0.243. The van der Waals surface area contributed by atoms with Crippen LogP contribution >= 0.6 is 11.6 Å². The molecule has 0 saturated carbocycles. The van der Waals surface area contributed by atoms with Crippen LogP contribution in [-0.2, 0) is 4.79 Å². The number of hydrogen-bond acceptors (Lipinski definition) is 1. The van der Waals surface area contributed by atoms with Gasteiger partial charge in [-0.3, -0.25) is 4.79 Å². The van der Waals surface area contributed by atoms with Crippen molar-refractivity contribution in [1.82, 2.24) is 5.32 Å². The third-order valence-electron chi connectivity index (χ3n) is 2.32. The number of carbonyl (C=O) groups is 1. The lowest BCUT2D eigenvalue weighted by molar-refractivity contribution is -0.144. The molecule has 16 heavy (non-hydrogen) atoms. The Balaban J connectivity index is 3.71. The van der Waals surface area contributed by atoms with Gasteiger partial charge in [0, 0.05) is 18.8 Å². The average molecular weight is 260 g/mol. The van der Waals surface area contributed by atoms with Crippen molar-refractivity contribution in [2.24, 2.45) is 5.92 Å². The highest BCUT2D eigenvalue weighted by atomic mass is 35.5. The minimum Gasteiger partial charge on any atom is -0.356 e. The van der Waals surface area contributed by atoms with Crippen LogP contribution in [0, 0.1) is 5.92 Å². The van der Waals surface area contributed by atoms with Crippen LogP contribution in [0.15, 0.2) is 0 Å². The minimum atomic E-state index is -4.27. The topological polar surface area (TPSA) is 29.1 Å². The zero-order valence-electron chi connectivity index (χ0n) is 9.24. The Morgan fingerprint density at radius 2 is 2.06 bits per heavy atom. The van der Waals surface area contributed by atoms with Crippen molar-refractivity contribution < 1.29 is 18.0 Å². The summed E-state index contributed by atoms with van der Waals surface area (Å²) < 4.78 is 35.4. The number of carbonyl (C=O) groups excluding carboxylic acids is 1. The monoisotopic (exact) mass is 259 g/mol. The van der Waals surface area contributed by atoms with Crippen molar-refractivity contribution in [3.8, 4) is 0 Å². The summed E-state index contributed by atoms with van der Waals surface area (Å²) in [4.78, 5) is 11.1. The average Bonchev–Trinajstić information content (AvgIpc) is 2.20. The molecule has 1 unspecified atom stereocenters. The summed E-state index contributed by atoms with van der Waals surface area (Å²) in [5.41, 5.74) is 0. The second-order valence-electron chi connectivity index (χ2n) is 3.67. The summed E-state index contributed by atoms with van der Waals surface area (Å²) in [5, 5.41) is 2.49. The molecule has 0 saturated heterocycles. The Bertz CT molecular complexity index is 209. The van der Waals surface area contributed by atoms with Gasteiger partial charge in [-0.05, 0) is 12.3 Å². The van der Waals surface area contributed by atoms with Gasteiger partial charge in [-0.15, -0.1) is 11.6 Å². The first kappa shape index (κ1) is 15.6. The summed E-state index contributed by atoms with van der Waals surface area (Å²) >= 11 is 5.55. The molecule has 2 nitrogen and oxygen atoms in total. The van der Waals surface area contributed by atoms with Crippen LogP contribution in [-0.4, -0.2) is 24.5 Å². The first-order valence-corrected chi connectivity index (χ1v) is 5.82. The van der Waals surface area contributed by atoms with Crippen molar-refractivity contribution in [2.75, 3.05) is 12.4 Å². The van der Waals surface area contributed by atoms with Gasteiger partial charge in [0.05, 0.1) is 6.42 Å². The summed E-state index contributed by atoms with van der Waals surface area (Å²) in [6.07, 6.45) is -4.21. The standard InChI is InChI=1S/C10H17ClF3NO/c1-2-8(4-6-11)7-15-9(16)3-5-10(12,13)14/h8H,2-7H2,1H3,(H,15,16). The highest BCUT2D eigenvalue weighted by molar-refractivity contribution is 6.17. The lowest BCUT2D eigenvalue weighted by atomic mass is 10.0. The van der Waals surface area contributed by atoms with Crippen LogP contribution in [0.2, 0.25) is 0 Å². The van der Waals surface area contributed by atoms with Crippen LogP contribution in [0.25, 0.3) is 0 Å². The van der Waals surface area contributed by atoms with E-state index in [9.17, 15) is 18.0 Å². The molecule has 0 aliphatic heterocycles. The molecule has 0 rings (SSSR count). The van der Waals surface area contributed by atoms with Crippen LogP contribution in [0.4, 0.5) is 13.2 Å². The van der Waals surface area contributed by atoms with Crippen molar-refractivity contribution in [1.29, 1.82) is 0 Å². The van der Waals surface area contributed by atoms with Crippen molar-refractivity contribution in [3.63, 3.8) is 0 Å². The number of hydrogen-bond donors (Lipinski definition) is 1. The van der Waals surface area contributed by atoms with Crippen LogP contribution in [0.3, 0.4) is 0 Å². The van der Waals surface area contributed by atoms with E-state index < -0.39 is 24.9 Å². The first-order valence-electron chi connectivity index (χ1n) is 5.28. The fourth-order valence-corrected chi connectivity index (χ4v) is 1.52. The summed E-state index contributed by atoms with van der Waals surface area (Å²) in [6.45, 7) is 2.36. The van der Waals surface area contributed by atoms with Crippen molar-refractivity contribution >= 4 is 17.5 Å². The van der Waals surface area contributed by atoms with E-state index >= 15 is 0 Å². The van der Waals surface area contributed by atoms with Crippen LogP contribution in [0.1, 0.15) is 32.6 Å².